The van der Waals surface area contributed by atoms with Gasteiger partial charge in [-0.1, -0.05) is 24.3 Å². The van der Waals surface area contributed by atoms with Crippen molar-refractivity contribution in [3.63, 3.8) is 0 Å². The number of likely N-dealkylation sites (tertiary alicyclic amines) is 1. The molecule has 4 aliphatic heterocycles. The van der Waals surface area contributed by atoms with Crippen molar-refractivity contribution in [1.82, 2.24) is 15.1 Å². The van der Waals surface area contributed by atoms with E-state index in [1.165, 1.54) is 17.7 Å². The molecule has 1 atom stereocenters. The first-order valence-corrected chi connectivity index (χ1v) is 14.5. The van der Waals surface area contributed by atoms with E-state index < -0.39 is 11.9 Å². The summed E-state index contributed by atoms with van der Waals surface area (Å²) in [6.07, 6.45) is 2.59. The van der Waals surface area contributed by atoms with Crippen LogP contribution in [0.3, 0.4) is 0 Å². The molecule has 4 amide bonds. The third-order valence-electron chi connectivity index (χ3n) is 9.13. The highest BCUT2D eigenvalue weighted by atomic mass is 19.1. The third-order valence-corrected chi connectivity index (χ3v) is 9.13. The lowest BCUT2D eigenvalue weighted by Gasteiger charge is -2.32. The van der Waals surface area contributed by atoms with Crippen molar-refractivity contribution in [3.8, 4) is 0 Å². The number of nitrogens with one attached hydrogen (secondary N) is 1. The Morgan fingerprint density at radius 3 is 2.33 bits per heavy atom. The molecule has 0 radical (unpaired) electrons. The highest BCUT2D eigenvalue weighted by molar-refractivity contribution is 6.10. The first-order chi connectivity index (χ1) is 20.3. The summed E-state index contributed by atoms with van der Waals surface area (Å²) < 4.78 is 13.4. The van der Waals surface area contributed by atoms with Crippen molar-refractivity contribution >= 4 is 29.3 Å². The Hall–Kier alpha value is -4.37. The molecule has 1 N–H and O–H groups in total. The Morgan fingerprint density at radius 2 is 1.57 bits per heavy atom. The third kappa shape index (κ3) is 4.77. The number of piperidine rings is 2. The Morgan fingerprint density at radius 1 is 0.786 bits per heavy atom. The molecule has 4 aliphatic rings. The predicted octanol–water partition coefficient (Wildman–Crippen LogP) is 4.13. The van der Waals surface area contributed by atoms with Crippen molar-refractivity contribution in [2.45, 2.75) is 57.3 Å². The molecule has 9 heteroatoms. The number of nitrogens with zero attached hydrogens (tertiary/aromatic N) is 3. The summed E-state index contributed by atoms with van der Waals surface area (Å²) in [6.45, 7) is 3.50. The molecule has 8 nitrogen and oxygen atoms in total. The molecule has 0 aliphatic carbocycles. The number of halogens is 1. The van der Waals surface area contributed by atoms with Crippen LogP contribution in [-0.2, 0) is 29.2 Å². The zero-order valence-corrected chi connectivity index (χ0v) is 23.1. The number of carbonyl (C=O) groups is 4. The highest BCUT2D eigenvalue weighted by Crippen LogP contribution is 2.35. The van der Waals surface area contributed by atoms with Crippen molar-refractivity contribution in [2.24, 2.45) is 0 Å². The molecule has 4 heterocycles. The molecule has 0 spiro atoms. The summed E-state index contributed by atoms with van der Waals surface area (Å²) in [5.41, 5.74) is 6.30. The second kappa shape index (κ2) is 10.5. The molecule has 2 saturated heterocycles. The maximum atomic E-state index is 13.4. The topological polar surface area (TPSA) is 90.0 Å². The van der Waals surface area contributed by atoms with Crippen LogP contribution in [0.1, 0.15) is 74.6 Å². The first kappa shape index (κ1) is 26.5. The fourth-order valence-electron chi connectivity index (χ4n) is 6.81. The average molecular weight is 567 g/mol. The molecular weight excluding hydrogens is 535 g/mol. The van der Waals surface area contributed by atoms with E-state index in [1.807, 2.05) is 24.3 Å². The summed E-state index contributed by atoms with van der Waals surface area (Å²) in [7, 11) is 0. The second-order valence-electron chi connectivity index (χ2n) is 11.7. The van der Waals surface area contributed by atoms with Crippen molar-refractivity contribution in [2.75, 3.05) is 18.0 Å². The fourth-order valence-corrected chi connectivity index (χ4v) is 6.81. The van der Waals surface area contributed by atoms with E-state index in [0.29, 0.717) is 42.2 Å². The van der Waals surface area contributed by atoms with E-state index in [1.54, 1.807) is 21.9 Å². The van der Waals surface area contributed by atoms with Crippen LogP contribution < -0.4 is 10.2 Å². The lowest BCUT2D eigenvalue weighted by molar-refractivity contribution is -0.136. The van der Waals surface area contributed by atoms with E-state index in [4.69, 9.17) is 0 Å². The van der Waals surface area contributed by atoms with Gasteiger partial charge >= 0.3 is 0 Å². The number of hydrogen-bond acceptors (Lipinski definition) is 5. The minimum absolute atomic E-state index is 0.0524. The van der Waals surface area contributed by atoms with Gasteiger partial charge in [-0.2, -0.15) is 0 Å². The van der Waals surface area contributed by atoms with Crippen molar-refractivity contribution in [3.05, 3.63) is 99.9 Å². The van der Waals surface area contributed by atoms with Crippen LogP contribution in [0.5, 0.6) is 0 Å². The highest BCUT2D eigenvalue weighted by Gasteiger charge is 2.39. The fraction of sp³-hybridized carbons (Fsp3) is 0.333. The van der Waals surface area contributed by atoms with E-state index in [9.17, 15) is 23.6 Å². The molecule has 214 valence electrons. The zero-order valence-electron chi connectivity index (χ0n) is 23.1. The van der Waals surface area contributed by atoms with Gasteiger partial charge in [0.25, 0.3) is 11.8 Å². The van der Waals surface area contributed by atoms with Gasteiger partial charge in [0.05, 0.1) is 6.54 Å². The van der Waals surface area contributed by atoms with E-state index in [-0.39, 0.29) is 30.0 Å². The zero-order chi connectivity index (χ0) is 29.0. The molecule has 0 saturated carbocycles. The van der Waals surface area contributed by atoms with Crippen LogP contribution in [0.15, 0.2) is 60.7 Å². The Balaban J connectivity index is 0.971. The number of fused-ring (bicyclic) bond motifs is 2. The summed E-state index contributed by atoms with van der Waals surface area (Å²) in [4.78, 5) is 55.8. The molecule has 3 aromatic rings. The van der Waals surface area contributed by atoms with Gasteiger partial charge in [-0.05, 0) is 96.9 Å². The van der Waals surface area contributed by atoms with Gasteiger partial charge in [-0.15, -0.1) is 0 Å². The van der Waals surface area contributed by atoms with Gasteiger partial charge in [0, 0.05) is 36.3 Å². The van der Waals surface area contributed by atoms with E-state index in [2.05, 4.69) is 22.3 Å². The summed E-state index contributed by atoms with van der Waals surface area (Å²) in [5, 5.41) is 2.36. The molecule has 2 fully saturated rings. The molecule has 42 heavy (non-hydrogen) atoms. The van der Waals surface area contributed by atoms with Gasteiger partial charge in [0.15, 0.2) is 0 Å². The largest absolute Gasteiger partial charge is 0.322 e. The number of amides is 4. The van der Waals surface area contributed by atoms with E-state index >= 15 is 0 Å². The van der Waals surface area contributed by atoms with E-state index in [0.717, 1.165) is 49.2 Å². The van der Waals surface area contributed by atoms with Crippen LogP contribution in [0.25, 0.3) is 0 Å². The maximum Gasteiger partial charge on any atom is 0.258 e. The summed E-state index contributed by atoms with van der Waals surface area (Å²) >= 11 is 0. The van der Waals surface area contributed by atoms with Gasteiger partial charge in [0.1, 0.15) is 11.9 Å². The van der Waals surface area contributed by atoms with Crippen LogP contribution in [0.2, 0.25) is 0 Å². The SMILES string of the molecule is O=C1CCC(N2Cc3cc(C4CCN(Cc5ccc6c(c5)C(=O)N(c5ccc(F)cc5)C6)CC4)ccc3C2=O)C(=O)N1. The molecule has 1 unspecified atom stereocenters. The standard InChI is InChI=1S/C33H31FN4O4/c34-25-4-6-26(7-5-25)37-18-23-2-1-20(15-28(23)33(37)42)17-36-13-11-21(12-14-36)22-3-8-27-24(16-22)19-38(32(27)41)29-9-10-30(39)35-31(29)40/h1-8,15-16,21,29H,9-14,17-19H2,(H,35,39,40). The number of hydrogen-bond donors (Lipinski definition) is 1. The monoisotopic (exact) mass is 566 g/mol. The van der Waals surface area contributed by atoms with Crippen LogP contribution >= 0.6 is 0 Å². The lowest BCUT2D eigenvalue weighted by atomic mass is 9.87. The Bertz CT molecular complexity index is 1610. The predicted molar refractivity (Wildman–Crippen MR) is 153 cm³/mol. The minimum Gasteiger partial charge on any atom is -0.322 e. The number of benzene rings is 3. The first-order valence-electron chi connectivity index (χ1n) is 14.5. The molecule has 3 aromatic carbocycles. The van der Waals surface area contributed by atoms with Crippen LogP contribution in [0, 0.1) is 5.82 Å². The van der Waals surface area contributed by atoms with Crippen molar-refractivity contribution in [1.29, 1.82) is 0 Å². The summed E-state index contributed by atoms with van der Waals surface area (Å²) in [6, 6.07) is 17.6. The number of carbonyl (C=O) groups excluding carboxylic acids is 4. The van der Waals surface area contributed by atoms with Crippen LogP contribution in [-0.4, -0.2) is 52.6 Å². The van der Waals surface area contributed by atoms with Gasteiger partial charge < -0.3 is 9.80 Å². The summed E-state index contributed by atoms with van der Waals surface area (Å²) in [5.74, 6) is -0.808. The Labute approximate surface area is 243 Å². The smallest absolute Gasteiger partial charge is 0.258 e. The van der Waals surface area contributed by atoms with Crippen molar-refractivity contribution < 1.29 is 23.6 Å². The van der Waals surface area contributed by atoms with Gasteiger partial charge in [-0.3, -0.25) is 29.4 Å². The molecule has 0 aromatic heterocycles. The number of rotatable bonds is 5. The Kier molecular flexibility index (Phi) is 6.61. The molecule has 0 bridgehead atoms. The number of imide groups is 1. The van der Waals surface area contributed by atoms with Gasteiger partial charge in [0.2, 0.25) is 11.8 Å². The van der Waals surface area contributed by atoms with Gasteiger partial charge in [-0.25, -0.2) is 4.39 Å². The minimum atomic E-state index is -0.602. The second-order valence-corrected chi connectivity index (χ2v) is 11.7. The lowest BCUT2D eigenvalue weighted by Crippen LogP contribution is -2.52. The maximum absolute atomic E-state index is 13.4. The molecule has 7 rings (SSSR count). The normalized spacial score (nSPS) is 21.1. The van der Waals surface area contributed by atoms with Crippen LogP contribution in [0.4, 0.5) is 10.1 Å². The quantitative estimate of drug-likeness (QED) is 0.470. The number of anilines is 1. The molecular formula is C33H31FN4O4. The average Bonchev–Trinajstić information content (AvgIpc) is 3.49.